The minimum atomic E-state index is -0.226. The second-order valence-electron chi connectivity index (χ2n) is 3.41. The van der Waals surface area contributed by atoms with E-state index in [1.54, 1.807) is 12.1 Å². The van der Waals surface area contributed by atoms with Crippen LogP contribution in [-0.4, -0.2) is 0 Å². The normalized spacial score (nSPS) is 10.4. The van der Waals surface area contributed by atoms with E-state index in [0.717, 1.165) is 15.6 Å². The van der Waals surface area contributed by atoms with Gasteiger partial charge in [0.25, 0.3) is 0 Å². The number of hydrogen-bond acceptors (Lipinski definition) is 0. The quantitative estimate of drug-likeness (QED) is 0.685. The largest absolute Gasteiger partial charge is 0.206 e. The van der Waals surface area contributed by atoms with Crippen molar-refractivity contribution in [2.24, 2.45) is 0 Å². The Balaban J connectivity index is 2.60. The highest BCUT2D eigenvalue weighted by Gasteiger charge is 2.08. The first-order valence-corrected chi connectivity index (χ1v) is 6.14. The third-order valence-corrected chi connectivity index (χ3v) is 3.16. The van der Waals surface area contributed by atoms with Crippen molar-refractivity contribution in [1.82, 2.24) is 0 Å². The second kappa shape index (κ2) is 4.98. The van der Waals surface area contributed by atoms with Crippen LogP contribution in [0.25, 0.3) is 11.1 Å². The predicted octanol–water partition coefficient (Wildman–Crippen LogP) is 4.99. The molecule has 0 radical (unpaired) electrons. The SMILES string of the molecule is Fc1ccccc1-c1ccc(Br)cc1CCl. The minimum absolute atomic E-state index is 0.226. The maximum Gasteiger partial charge on any atom is 0.131 e. The van der Waals surface area contributed by atoms with Gasteiger partial charge in [-0.1, -0.05) is 40.2 Å². The summed E-state index contributed by atoms with van der Waals surface area (Å²) in [5, 5.41) is 0. The molecule has 0 nitrogen and oxygen atoms in total. The predicted molar refractivity (Wildman–Crippen MR) is 69.1 cm³/mol. The first-order chi connectivity index (χ1) is 7.72. The van der Waals surface area contributed by atoms with Gasteiger partial charge < -0.3 is 0 Å². The Bertz CT molecular complexity index is 511. The fourth-order valence-electron chi connectivity index (χ4n) is 1.62. The molecule has 0 aliphatic rings. The highest BCUT2D eigenvalue weighted by Crippen LogP contribution is 2.29. The van der Waals surface area contributed by atoms with Crippen LogP contribution in [-0.2, 0) is 5.88 Å². The van der Waals surface area contributed by atoms with Crippen LogP contribution in [0, 0.1) is 5.82 Å². The zero-order valence-electron chi connectivity index (χ0n) is 8.38. The number of rotatable bonds is 2. The molecule has 2 rings (SSSR count). The summed E-state index contributed by atoms with van der Waals surface area (Å²) < 4.78 is 14.6. The molecule has 0 saturated heterocycles. The molecule has 0 saturated carbocycles. The van der Waals surface area contributed by atoms with E-state index in [2.05, 4.69) is 15.9 Å². The molecule has 0 fully saturated rings. The van der Waals surface area contributed by atoms with Crippen LogP contribution in [0.4, 0.5) is 4.39 Å². The molecular formula is C13H9BrClF. The van der Waals surface area contributed by atoms with Crippen molar-refractivity contribution in [3.63, 3.8) is 0 Å². The van der Waals surface area contributed by atoms with Crippen molar-refractivity contribution in [2.45, 2.75) is 5.88 Å². The highest BCUT2D eigenvalue weighted by molar-refractivity contribution is 9.10. The number of alkyl halides is 1. The van der Waals surface area contributed by atoms with E-state index in [4.69, 9.17) is 11.6 Å². The molecule has 16 heavy (non-hydrogen) atoms. The molecule has 2 aromatic carbocycles. The zero-order valence-corrected chi connectivity index (χ0v) is 10.7. The molecule has 0 heterocycles. The molecule has 0 spiro atoms. The number of benzene rings is 2. The summed E-state index contributed by atoms with van der Waals surface area (Å²) in [5.74, 6) is 0.138. The lowest BCUT2D eigenvalue weighted by atomic mass is 10.0. The van der Waals surface area contributed by atoms with Gasteiger partial charge >= 0.3 is 0 Å². The van der Waals surface area contributed by atoms with Crippen molar-refractivity contribution in [3.8, 4) is 11.1 Å². The van der Waals surface area contributed by atoms with Gasteiger partial charge in [0.05, 0.1) is 0 Å². The third-order valence-electron chi connectivity index (χ3n) is 2.38. The molecule has 0 amide bonds. The fraction of sp³-hybridized carbons (Fsp3) is 0.0769. The lowest BCUT2D eigenvalue weighted by Crippen LogP contribution is -1.89. The Morgan fingerprint density at radius 2 is 1.81 bits per heavy atom. The van der Waals surface area contributed by atoms with Gasteiger partial charge in [-0.3, -0.25) is 0 Å². The molecule has 0 aliphatic carbocycles. The van der Waals surface area contributed by atoms with Crippen LogP contribution in [0.3, 0.4) is 0 Å². The van der Waals surface area contributed by atoms with E-state index in [0.29, 0.717) is 11.4 Å². The van der Waals surface area contributed by atoms with Gasteiger partial charge in [0.2, 0.25) is 0 Å². The van der Waals surface area contributed by atoms with Gasteiger partial charge in [0.1, 0.15) is 5.82 Å². The highest BCUT2D eigenvalue weighted by atomic mass is 79.9. The van der Waals surface area contributed by atoms with Crippen LogP contribution in [0.15, 0.2) is 46.9 Å². The third kappa shape index (κ3) is 2.28. The summed E-state index contributed by atoms with van der Waals surface area (Å²) in [6.07, 6.45) is 0. The molecule has 0 aromatic heterocycles. The first-order valence-electron chi connectivity index (χ1n) is 4.81. The van der Waals surface area contributed by atoms with E-state index in [1.807, 2.05) is 24.3 Å². The van der Waals surface area contributed by atoms with E-state index >= 15 is 0 Å². The summed E-state index contributed by atoms with van der Waals surface area (Å²) in [6, 6.07) is 12.4. The molecule has 82 valence electrons. The first kappa shape index (κ1) is 11.6. The maximum atomic E-state index is 13.6. The molecule has 0 unspecified atom stereocenters. The average Bonchev–Trinajstić information content (AvgIpc) is 2.30. The van der Waals surface area contributed by atoms with E-state index < -0.39 is 0 Å². The zero-order chi connectivity index (χ0) is 11.5. The molecular weight excluding hydrogens is 290 g/mol. The van der Waals surface area contributed by atoms with Crippen molar-refractivity contribution in [3.05, 3.63) is 58.3 Å². The Kier molecular flexibility index (Phi) is 3.62. The molecule has 0 atom stereocenters. The summed E-state index contributed by atoms with van der Waals surface area (Å²) in [6.45, 7) is 0. The van der Waals surface area contributed by atoms with Crippen molar-refractivity contribution in [1.29, 1.82) is 0 Å². The number of hydrogen-bond donors (Lipinski definition) is 0. The average molecular weight is 300 g/mol. The van der Waals surface area contributed by atoms with Gasteiger partial charge in [0.15, 0.2) is 0 Å². The van der Waals surface area contributed by atoms with Gasteiger partial charge in [-0.2, -0.15) is 0 Å². The van der Waals surface area contributed by atoms with Crippen LogP contribution in [0.2, 0.25) is 0 Å². The van der Waals surface area contributed by atoms with Crippen LogP contribution in [0.1, 0.15) is 5.56 Å². The van der Waals surface area contributed by atoms with Gasteiger partial charge in [-0.15, -0.1) is 11.6 Å². The molecule has 0 N–H and O–H groups in total. The van der Waals surface area contributed by atoms with Crippen molar-refractivity contribution in [2.75, 3.05) is 0 Å². The Hall–Kier alpha value is -0.860. The Morgan fingerprint density at radius 3 is 2.50 bits per heavy atom. The van der Waals surface area contributed by atoms with Crippen LogP contribution < -0.4 is 0 Å². The summed E-state index contributed by atoms with van der Waals surface area (Å²) in [7, 11) is 0. The van der Waals surface area contributed by atoms with Gasteiger partial charge in [-0.25, -0.2) is 4.39 Å². The van der Waals surface area contributed by atoms with Gasteiger partial charge in [-0.05, 0) is 29.3 Å². The van der Waals surface area contributed by atoms with Crippen molar-refractivity contribution >= 4 is 27.5 Å². The topological polar surface area (TPSA) is 0 Å². The van der Waals surface area contributed by atoms with Crippen LogP contribution >= 0.6 is 27.5 Å². The molecule has 0 aliphatic heterocycles. The molecule has 0 bridgehead atoms. The maximum absolute atomic E-state index is 13.6. The Morgan fingerprint density at radius 1 is 1.06 bits per heavy atom. The fourth-order valence-corrected chi connectivity index (χ4v) is 2.24. The van der Waals surface area contributed by atoms with Gasteiger partial charge in [0, 0.05) is 15.9 Å². The molecule has 3 heteroatoms. The van der Waals surface area contributed by atoms with Crippen LogP contribution in [0.5, 0.6) is 0 Å². The Labute approximate surface area is 107 Å². The van der Waals surface area contributed by atoms with E-state index in [1.165, 1.54) is 6.07 Å². The molecule has 2 aromatic rings. The minimum Gasteiger partial charge on any atom is -0.206 e. The number of halogens is 3. The standard InChI is InChI=1S/C13H9BrClF/c14-10-5-6-11(9(7-10)8-15)12-3-1-2-4-13(12)16/h1-7H,8H2. The second-order valence-corrected chi connectivity index (χ2v) is 4.60. The monoisotopic (exact) mass is 298 g/mol. The van der Waals surface area contributed by atoms with Crippen molar-refractivity contribution < 1.29 is 4.39 Å². The lowest BCUT2D eigenvalue weighted by molar-refractivity contribution is 0.631. The smallest absolute Gasteiger partial charge is 0.131 e. The lowest BCUT2D eigenvalue weighted by Gasteiger charge is -2.08. The summed E-state index contributed by atoms with van der Waals surface area (Å²) in [5.41, 5.74) is 2.35. The van der Waals surface area contributed by atoms with E-state index in [-0.39, 0.29) is 5.82 Å². The summed E-state index contributed by atoms with van der Waals surface area (Å²) in [4.78, 5) is 0. The summed E-state index contributed by atoms with van der Waals surface area (Å²) >= 11 is 9.24. The van der Waals surface area contributed by atoms with E-state index in [9.17, 15) is 4.39 Å².